The maximum absolute atomic E-state index is 12.5. The Morgan fingerprint density at radius 1 is 0.971 bits per heavy atom. The van der Waals surface area contributed by atoms with E-state index in [0.29, 0.717) is 12.5 Å². The molecular formula is C28H31N3O4. The van der Waals surface area contributed by atoms with E-state index in [-0.39, 0.29) is 18.2 Å². The molecule has 7 nitrogen and oxygen atoms in total. The highest BCUT2D eigenvalue weighted by Gasteiger charge is 2.40. The Bertz CT molecular complexity index is 1140. The molecule has 0 N–H and O–H groups in total. The number of amides is 1. The van der Waals surface area contributed by atoms with Crippen LogP contribution >= 0.6 is 0 Å². The van der Waals surface area contributed by atoms with E-state index < -0.39 is 0 Å². The van der Waals surface area contributed by atoms with Crippen LogP contribution in [0.2, 0.25) is 0 Å². The zero-order chi connectivity index (χ0) is 24.2. The summed E-state index contributed by atoms with van der Waals surface area (Å²) in [5.41, 5.74) is 3.29. The number of piperidine rings is 1. The minimum Gasteiger partial charge on any atom is -0.497 e. The molecule has 1 unspecified atom stereocenters. The van der Waals surface area contributed by atoms with Gasteiger partial charge in [-0.15, -0.1) is 0 Å². The first kappa shape index (κ1) is 23.2. The number of pyridine rings is 1. The van der Waals surface area contributed by atoms with E-state index in [9.17, 15) is 4.79 Å². The molecule has 0 bridgehead atoms. The highest BCUT2D eigenvalue weighted by Crippen LogP contribution is 2.33. The molecule has 2 aromatic carbocycles. The quantitative estimate of drug-likeness (QED) is 0.461. The molecule has 0 radical (unpaired) electrons. The van der Waals surface area contributed by atoms with Crippen molar-refractivity contribution in [2.45, 2.75) is 38.4 Å². The summed E-state index contributed by atoms with van der Waals surface area (Å²) in [6, 6.07) is 21.9. The Balaban J connectivity index is 1.17. The fourth-order valence-corrected chi connectivity index (χ4v) is 4.92. The average Bonchev–Trinajstić information content (AvgIpc) is 3.28. The number of hydrogen-bond donors (Lipinski definition) is 0. The topological polar surface area (TPSA) is 64.1 Å². The molecule has 0 saturated carbocycles. The molecule has 2 aliphatic rings. The van der Waals surface area contributed by atoms with Crippen molar-refractivity contribution in [1.82, 2.24) is 14.8 Å². The standard InChI is InChI=1S/C28H31N3O4/c1-20-22(8-13-27(29-20)35-25-11-9-24(33-2)10-12-25)18-30-16-14-23(15-17-30)31-26(19-34-28(31)32)21-6-4-3-5-7-21/h3-13,23,26H,14-19H2,1-2H3. The number of cyclic esters (lactones) is 1. The molecule has 3 aromatic rings. The number of methoxy groups -OCH3 is 1. The van der Waals surface area contributed by atoms with Crippen LogP contribution in [-0.4, -0.2) is 53.7 Å². The minimum atomic E-state index is -0.190. The molecule has 0 aliphatic carbocycles. The second-order valence-electron chi connectivity index (χ2n) is 9.09. The molecule has 35 heavy (non-hydrogen) atoms. The van der Waals surface area contributed by atoms with Gasteiger partial charge in [-0.2, -0.15) is 0 Å². The summed E-state index contributed by atoms with van der Waals surface area (Å²) in [6.07, 6.45) is 1.68. The Morgan fingerprint density at radius 2 is 1.69 bits per heavy atom. The SMILES string of the molecule is COc1ccc(Oc2ccc(CN3CCC(N4C(=O)OCC4c4ccccc4)CC3)c(C)n2)cc1. The number of rotatable bonds is 7. The van der Waals surface area contributed by atoms with Gasteiger partial charge in [0.15, 0.2) is 0 Å². The number of hydrogen-bond acceptors (Lipinski definition) is 6. The Labute approximate surface area is 206 Å². The van der Waals surface area contributed by atoms with Gasteiger partial charge in [-0.25, -0.2) is 9.78 Å². The number of ether oxygens (including phenoxy) is 3. The van der Waals surface area contributed by atoms with Crippen LogP contribution in [0.25, 0.3) is 0 Å². The molecule has 1 atom stereocenters. The van der Waals surface area contributed by atoms with Gasteiger partial charge < -0.3 is 14.2 Å². The van der Waals surface area contributed by atoms with Crippen LogP contribution in [0.4, 0.5) is 4.79 Å². The van der Waals surface area contributed by atoms with E-state index in [1.54, 1.807) is 7.11 Å². The van der Waals surface area contributed by atoms with Crippen LogP contribution in [0.5, 0.6) is 17.4 Å². The van der Waals surface area contributed by atoms with Crippen molar-refractivity contribution >= 4 is 6.09 Å². The van der Waals surface area contributed by atoms with Crippen LogP contribution in [0, 0.1) is 6.92 Å². The summed E-state index contributed by atoms with van der Waals surface area (Å²) < 4.78 is 16.5. The van der Waals surface area contributed by atoms with Crippen molar-refractivity contribution in [3.63, 3.8) is 0 Å². The molecule has 182 valence electrons. The van der Waals surface area contributed by atoms with Crippen molar-refractivity contribution in [3.05, 3.63) is 83.6 Å². The summed E-state index contributed by atoms with van der Waals surface area (Å²) in [5.74, 6) is 2.09. The molecule has 2 fully saturated rings. The molecule has 1 amide bonds. The van der Waals surface area contributed by atoms with Crippen LogP contribution in [0.15, 0.2) is 66.7 Å². The molecule has 0 spiro atoms. The third-order valence-electron chi connectivity index (χ3n) is 6.89. The van der Waals surface area contributed by atoms with Gasteiger partial charge >= 0.3 is 6.09 Å². The number of carbonyl (C=O) groups is 1. The molecule has 2 aliphatic heterocycles. The molecule has 3 heterocycles. The van der Waals surface area contributed by atoms with E-state index in [0.717, 1.165) is 55.2 Å². The fraction of sp³-hybridized carbons (Fsp3) is 0.357. The van der Waals surface area contributed by atoms with E-state index >= 15 is 0 Å². The minimum absolute atomic E-state index is 0.00457. The zero-order valence-electron chi connectivity index (χ0n) is 20.2. The van der Waals surface area contributed by atoms with Gasteiger partial charge in [-0.3, -0.25) is 9.80 Å². The Hall–Kier alpha value is -3.58. The second-order valence-corrected chi connectivity index (χ2v) is 9.09. The molecule has 7 heteroatoms. The van der Waals surface area contributed by atoms with Crippen LogP contribution in [0.3, 0.4) is 0 Å². The fourth-order valence-electron chi connectivity index (χ4n) is 4.92. The number of likely N-dealkylation sites (tertiary alicyclic amines) is 1. The van der Waals surface area contributed by atoms with E-state index in [2.05, 4.69) is 28.1 Å². The number of benzene rings is 2. The van der Waals surface area contributed by atoms with Crippen molar-refractivity contribution in [2.24, 2.45) is 0 Å². The highest BCUT2D eigenvalue weighted by molar-refractivity contribution is 5.71. The lowest BCUT2D eigenvalue weighted by Gasteiger charge is -2.38. The summed E-state index contributed by atoms with van der Waals surface area (Å²) in [5, 5.41) is 0. The third kappa shape index (κ3) is 5.25. The first-order valence-electron chi connectivity index (χ1n) is 12.1. The predicted molar refractivity (Wildman–Crippen MR) is 133 cm³/mol. The maximum atomic E-state index is 12.5. The van der Waals surface area contributed by atoms with E-state index in [4.69, 9.17) is 14.2 Å². The average molecular weight is 474 g/mol. The largest absolute Gasteiger partial charge is 0.497 e. The lowest BCUT2D eigenvalue weighted by atomic mass is 9.98. The number of aryl methyl sites for hydroxylation is 1. The summed E-state index contributed by atoms with van der Waals surface area (Å²) in [6.45, 7) is 5.15. The van der Waals surface area contributed by atoms with Crippen molar-refractivity contribution in [1.29, 1.82) is 0 Å². The normalized spacial score (nSPS) is 19.0. The van der Waals surface area contributed by atoms with Gasteiger partial charge in [0.25, 0.3) is 0 Å². The highest BCUT2D eigenvalue weighted by atomic mass is 16.6. The van der Waals surface area contributed by atoms with Crippen molar-refractivity contribution < 1.29 is 19.0 Å². The van der Waals surface area contributed by atoms with Crippen molar-refractivity contribution in [3.8, 4) is 17.4 Å². The third-order valence-corrected chi connectivity index (χ3v) is 6.89. The summed E-state index contributed by atoms with van der Waals surface area (Å²) in [4.78, 5) is 21.6. The summed E-state index contributed by atoms with van der Waals surface area (Å²) in [7, 11) is 1.64. The van der Waals surface area contributed by atoms with E-state index in [1.165, 1.54) is 5.56 Å². The first-order chi connectivity index (χ1) is 17.1. The second kappa shape index (κ2) is 10.4. The van der Waals surface area contributed by atoms with Gasteiger partial charge in [0.05, 0.1) is 13.2 Å². The Kier molecular flexibility index (Phi) is 6.86. The maximum Gasteiger partial charge on any atom is 0.410 e. The van der Waals surface area contributed by atoms with Crippen LogP contribution in [-0.2, 0) is 11.3 Å². The van der Waals surface area contributed by atoms with Gasteiger partial charge in [0.2, 0.25) is 5.88 Å². The molecule has 1 aromatic heterocycles. The van der Waals surface area contributed by atoms with Gasteiger partial charge in [-0.1, -0.05) is 36.4 Å². The number of aromatic nitrogens is 1. The summed E-state index contributed by atoms with van der Waals surface area (Å²) >= 11 is 0. The lowest BCUT2D eigenvalue weighted by molar-refractivity contribution is 0.104. The van der Waals surface area contributed by atoms with Gasteiger partial charge in [0, 0.05) is 37.4 Å². The number of carbonyl (C=O) groups excluding carboxylic acids is 1. The van der Waals surface area contributed by atoms with Gasteiger partial charge in [-0.05, 0) is 55.2 Å². The van der Waals surface area contributed by atoms with Crippen LogP contribution < -0.4 is 9.47 Å². The van der Waals surface area contributed by atoms with Crippen molar-refractivity contribution in [2.75, 3.05) is 26.8 Å². The first-order valence-corrected chi connectivity index (χ1v) is 12.1. The number of nitrogens with zero attached hydrogens (tertiary/aromatic N) is 3. The molecule has 2 saturated heterocycles. The lowest BCUT2D eigenvalue weighted by Crippen LogP contribution is -2.46. The zero-order valence-corrected chi connectivity index (χ0v) is 20.2. The Morgan fingerprint density at radius 3 is 2.37 bits per heavy atom. The smallest absolute Gasteiger partial charge is 0.410 e. The van der Waals surface area contributed by atoms with Gasteiger partial charge in [0.1, 0.15) is 18.1 Å². The monoisotopic (exact) mass is 473 g/mol. The van der Waals surface area contributed by atoms with E-state index in [1.807, 2.05) is 60.4 Å². The predicted octanol–water partition coefficient (Wildman–Crippen LogP) is 5.35. The van der Waals surface area contributed by atoms with Crippen LogP contribution in [0.1, 0.15) is 35.7 Å². The molecular weight excluding hydrogens is 442 g/mol. The molecule has 5 rings (SSSR count).